The van der Waals surface area contributed by atoms with E-state index in [1.54, 1.807) is 0 Å². The molecule has 0 saturated carbocycles. The molecule has 12 nitrogen and oxygen atoms in total. The number of carbonyl (C=O) groups is 6. The first kappa shape index (κ1) is 22.2. The Morgan fingerprint density at radius 1 is 0.963 bits per heavy atom. The number of rotatable bonds is 4. The lowest BCUT2D eigenvalue weighted by Gasteiger charge is -2.22. The van der Waals surface area contributed by atoms with Gasteiger partial charge in [-0.15, -0.1) is 0 Å². The zero-order chi connectivity index (χ0) is 20.6. The van der Waals surface area contributed by atoms with Crippen LogP contribution in [0.1, 0.15) is 19.3 Å². The van der Waals surface area contributed by atoms with Crippen LogP contribution in [0.2, 0.25) is 0 Å². The molecule has 0 radical (unpaired) electrons. The van der Waals surface area contributed by atoms with Gasteiger partial charge in [-0.3, -0.25) is 28.8 Å². The van der Waals surface area contributed by atoms with Crippen molar-refractivity contribution in [2.45, 2.75) is 36.6 Å². The van der Waals surface area contributed by atoms with E-state index < -0.39 is 59.3 Å². The maximum absolute atomic E-state index is 12.1. The molecular formula is C14H20N4O8S. The van der Waals surface area contributed by atoms with Gasteiger partial charge in [-0.1, -0.05) is 0 Å². The Labute approximate surface area is 158 Å². The molecule has 0 spiro atoms. The molecule has 1 aliphatic heterocycles. The fourth-order valence-electron chi connectivity index (χ4n) is 2.16. The number of carbonyl (C=O) groups excluding carboxylic acids is 4. The van der Waals surface area contributed by atoms with E-state index in [0.717, 1.165) is 0 Å². The Kier molecular flexibility index (Phi) is 8.51. The van der Waals surface area contributed by atoms with Crippen molar-refractivity contribution in [3.05, 3.63) is 0 Å². The highest BCUT2D eigenvalue weighted by Gasteiger charge is 2.32. The van der Waals surface area contributed by atoms with Crippen LogP contribution < -0.4 is 21.3 Å². The molecule has 27 heavy (non-hydrogen) atoms. The fourth-order valence-corrected chi connectivity index (χ4v) is 2.37. The predicted octanol–water partition coefficient (Wildman–Crippen LogP) is -3.16. The number of carboxylic acids is 2. The zero-order valence-corrected chi connectivity index (χ0v) is 15.0. The topological polar surface area (TPSA) is 191 Å². The average Bonchev–Trinajstić information content (AvgIpc) is 2.57. The summed E-state index contributed by atoms with van der Waals surface area (Å²) in [4.78, 5) is 69.8. The van der Waals surface area contributed by atoms with Gasteiger partial charge in [-0.2, -0.15) is 12.6 Å². The number of amides is 4. The van der Waals surface area contributed by atoms with Gasteiger partial charge in [-0.25, -0.2) is 0 Å². The maximum Gasteiger partial charge on any atom is 0.319 e. The van der Waals surface area contributed by atoms with Gasteiger partial charge >= 0.3 is 11.9 Å². The van der Waals surface area contributed by atoms with Crippen LogP contribution in [0.4, 0.5) is 0 Å². The van der Waals surface area contributed by atoms with Crippen molar-refractivity contribution in [1.82, 2.24) is 21.3 Å². The van der Waals surface area contributed by atoms with Gasteiger partial charge in [0.25, 0.3) is 0 Å². The van der Waals surface area contributed by atoms with Crippen LogP contribution in [0, 0.1) is 0 Å². The Bertz CT molecular complexity index is 641. The SMILES string of the molecule is O=C(O)C[C@@H]1NC(=O)CCNC(=O)[C@H](C(S)C(=O)O)NC(=O)CCNC1=O. The number of hydrogen-bond acceptors (Lipinski definition) is 7. The van der Waals surface area contributed by atoms with Crippen molar-refractivity contribution in [1.29, 1.82) is 0 Å². The van der Waals surface area contributed by atoms with E-state index in [1.165, 1.54) is 0 Å². The minimum absolute atomic E-state index is 0.213. The van der Waals surface area contributed by atoms with Gasteiger partial charge < -0.3 is 31.5 Å². The molecule has 150 valence electrons. The molecule has 13 heteroatoms. The molecule has 1 unspecified atom stereocenters. The van der Waals surface area contributed by atoms with E-state index in [0.29, 0.717) is 0 Å². The zero-order valence-electron chi connectivity index (χ0n) is 14.1. The standard InChI is InChI=1S/C14H20N4O8S/c19-7-1-4-16-13(24)10(11(27)14(25)26)18-8(20)2-3-15-12(23)6(17-7)5-9(21)22/h6,10-11,27H,1-5H2,(H,15,23)(H,16,24)(H,17,19)(H,18,20)(H,21,22)(H,25,26)/t6-,10-,11?/m0/s1. The van der Waals surface area contributed by atoms with Crippen molar-refractivity contribution < 1.29 is 39.0 Å². The smallest absolute Gasteiger partial charge is 0.319 e. The highest BCUT2D eigenvalue weighted by Crippen LogP contribution is 2.05. The molecule has 1 fully saturated rings. The quantitative estimate of drug-likeness (QED) is 0.239. The molecule has 0 aliphatic carbocycles. The highest BCUT2D eigenvalue weighted by molar-refractivity contribution is 7.81. The third-order valence-electron chi connectivity index (χ3n) is 3.50. The first-order valence-electron chi connectivity index (χ1n) is 7.88. The second-order valence-electron chi connectivity index (χ2n) is 5.63. The van der Waals surface area contributed by atoms with E-state index in [2.05, 4.69) is 33.9 Å². The van der Waals surface area contributed by atoms with Crippen molar-refractivity contribution in [3.63, 3.8) is 0 Å². The van der Waals surface area contributed by atoms with Crippen LogP contribution in [0.25, 0.3) is 0 Å². The first-order chi connectivity index (χ1) is 12.6. The van der Waals surface area contributed by atoms with Gasteiger partial charge in [0.05, 0.1) is 6.42 Å². The summed E-state index contributed by atoms with van der Waals surface area (Å²) in [5.41, 5.74) is 0. The summed E-state index contributed by atoms with van der Waals surface area (Å²) in [7, 11) is 0. The summed E-state index contributed by atoms with van der Waals surface area (Å²) in [6, 6.07) is -2.82. The van der Waals surface area contributed by atoms with Gasteiger partial charge in [0, 0.05) is 25.9 Å². The minimum atomic E-state index is -1.52. The van der Waals surface area contributed by atoms with Crippen LogP contribution in [-0.4, -0.2) is 76.2 Å². The molecule has 1 aliphatic rings. The average molecular weight is 404 g/mol. The monoisotopic (exact) mass is 404 g/mol. The van der Waals surface area contributed by atoms with Gasteiger partial charge in [0.15, 0.2) is 0 Å². The lowest BCUT2D eigenvalue weighted by Crippen LogP contribution is -2.55. The van der Waals surface area contributed by atoms with Crippen LogP contribution in [0.5, 0.6) is 0 Å². The summed E-state index contributed by atoms with van der Waals surface area (Å²) in [6.07, 6.45) is -1.25. The van der Waals surface area contributed by atoms with Gasteiger partial charge in [0.1, 0.15) is 17.3 Å². The molecule has 4 amide bonds. The normalized spacial score (nSPS) is 23.7. The maximum atomic E-state index is 12.1. The van der Waals surface area contributed by atoms with E-state index in [9.17, 15) is 28.8 Å². The highest BCUT2D eigenvalue weighted by atomic mass is 32.1. The van der Waals surface area contributed by atoms with Crippen molar-refractivity contribution in [3.8, 4) is 0 Å². The molecule has 0 aromatic heterocycles. The molecule has 1 rings (SSSR count). The number of hydrogen-bond donors (Lipinski definition) is 7. The summed E-state index contributed by atoms with van der Waals surface area (Å²) in [5.74, 6) is -5.77. The summed E-state index contributed by atoms with van der Waals surface area (Å²) in [5, 5.41) is 25.4. The third kappa shape index (κ3) is 7.52. The lowest BCUT2D eigenvalue weighted by molar-refractivity contribution is -0.141. The van der Waals surface area contributed by atoms with Crippen molar-refractivity contribution >= 4 is 48.2 Å². The van der Waals surface area contributed by atoms with Crippen molar-refractivity contribution in [2.24, 2.45) is 0 Å². The lowest BCUT2D eigenvalue weighted by atomic mass is 10.1. The largest absolute Gasteiger partial charge is 0.481 e. The van der Waals surface area contributed by atoms with Crippen molar-refractivity contribution in [2.75, 3.05) is 13.1 Å². The molecule has 1 saturated heterocycles. The van der Waals surface area contributed by atoms with Crippen LogP contribution >= 0.6 is 12.6 Å². The van der Waals surface area contributed by atoms with Gasteiger partial charge in [-0.05, 0) is 0 Å². The molecular weight excluding hydrogens is 384 g/mol. The Hall–Kier alpha value is -2.83. The van der Waals surface area contributed by atoms with E-state index >= 15 is 0 Å². The minimum Gasteiger partial charge on any atom is -0.481 e. The molecule has 0 aromatic carbocycles. The number of carboxylic acid groups (broad SMARTS) is 2. The van der Waals surface area contributed by atoms with E-state index in [4.69, 9.17) is 10.2 Å². The summed E-state index contributed by atoms with van der Waals surface area (Å²) < 4.78 is 0. The molecule has 6 N–H and O–H groups in total. The Balaban J connectivity index is 2.91. The van der Waals surface area contributed by atoms with Crippen LogP contribution in [0.3, 0.4) is 0 Å². The number of aliphatic carboxylic acids is 2. The number of thiol groups is 1. The third-order valence-corrected chi connectivity index (χ3v) is 4.02. The number of nitrogens with one attached hydrogen (secondary N) is 4. The molecule has 3 atom stereocenters. The summed E-state index contributed by atoms with van der Waals surface area (Å²) in [6.45, 7) is -0.437. The second kappa shape index (κ2) is 10.4. The predicted molar refractivity (Wildman–Crippen MR) is 91.8 cm³/mol. The molecule has 0 bridgehead atoms. The molecule has 1 heterocycles. The first-order valence-corrected chi connectivity index (χ1v) is 8.40. The molecule has 0 aromatic rings. The van der Waals surface area contributed by atoms with E-state index in [-0.39, 0.29) is 25.9 Å². The van der Waals surface area contributed by atoms with Crippen LogP contribution in [-0.2, 0) is 28.8 Å². The van der Waals surface area contributed by atoms with E-state index in [1.807, 2.05) is 0 Å². The van der Waals surface area contributed by atoms with Gasteiger partial charge in [0.2, 0.25) is 23.6 Å². The fraction of sp³-hybridized carbons (Fsp3) is 0.571. The second-order valence-corrected chi connectivity index (χ2v) is 6.18. The Morgan fingerprint density at radius 2 is 1.48 bits per heavy atom. The summed E-state index contributed by atoms with van der Waals surface area (Å²) >= 11 is 3.80. The van der Waals surface area contributed by atoms with Crippen LogP contribution in [0.15, 0.2) is 0 Å². The Morgan fingerprint density at radius 3 is 2.00 bits per heavy atom.